The number of hydrogen-bond donors (Lipinski definition) is 2. The molecule has 0 aliphatic rings. The highest BCUT2D eigenvalue weighted by molar-refractivity contribution is 6.02. The van der Waals surface area contributed by atoms with E-state index in [-0.39, 0.29) is 30.6 Å². The molecule has 0 bridgehead atoms. The molecule has 0 unspecified atom stereocenters. The summed E-state index contributed by atoms with van der Waals surface area (Å²) < 4.78 is 15.8. The fourth-order valence-corrected chi connectivity index (χ4v) is 2.45. The van der Waals surface area contributed by atoms with E-state index in [1.807, 2.05) is 12.1 Å². The van der Waals surface area contributed by atoms with Gasteiger partial charge in [-0.15, -0.1) is 0 Å². The van der Waals surface area contributed by atoms with Crippen LogP contribution in [0, 0.1) is 0 Å². The fourth-order valence-electron chi connectivity index (χ4n) is 2.45. The van der Waals surface area contributed by atoms with E-state index in [1.54, 1.807) is 55.6 Å². The normalized spacial score (nSPS) is 10.2. The van der Waals surface area contributed by atoms with Gasteiger partial charge in [0.05, 0.1) is 26.4 Å². The minimum atomic E-state index is -0.338. The molecule has 2 N–H and O–H groups in total. The van der Waals surface area contributed by atoms with Gasteiger partial charge in [-0.05, 0) is 48.5 Å². The van der Waals surface area contributed by atoms with Crippen molar-refractivity contribution in [3.8, 4) is 11.5 Å². The van der Waals surface area contributed by atoms with Crippen molar-refractivity contribution in [2.45, 2.75) is 6.42 Å². The molecule has 0 spiro atoms. The predicted molar refractivity (Wildman–Crippen MR) is 105 cm³/mol. The van der Waals surface area contributed by atoms with E-state index in [9.17, 15) is 9.59 Å². The maximum Gasteiger partial charge on any atom is 0.291 e. The van der Waals surface area contributed by atoms with Gasteiger partial charge in [-0.25, -0.2) is 0 Å². The smallest absolute Gasteiger partial charge is 0.291 e. The van der Waals surface area contributed by atoms with Crippen molar-refractivity contribution < 1.29 is 23.5 Å². The van der Waals surface area contributed by atoms with Crippen molar-refractivity contribution in [1.29, 1.82) is 0 Å². The van der Waals surface area contributed by atoms with Gasteiger partial charge >= 0.3 is 0 Å². The standard InChI is InChI=1S/C21H20N2O5/c1-26-17-5-2-3-6-18(17)28-14-12-20(24)22-15-8-10-16(11-9-15)23-21(25)19-7-4-13-27-19/h2-11,13H,12,14H2,1H3,(H,22,24)(H,23,25). The summed E-state index contributed by atoms with van der Waals surface area (Å²) in [5.41, 5.74) is 1.22. The summed E-state index contributed by atoms with van der Waals surface area (Å²) in [5.74, 6) is 0.925. The monoisotopic (exact) mass is 380 g/mol. The van der Waals surface area contributed by atoms with Gasteiger partial charge in [0.15, 0.2) is 17.3 Å². The van der Waals surface area contributed by atoms with Crippen LogP contribution in [0.2, 0.25) is 0 Å². The Balaban J connectivity index is 1.46. The molecule has 7 nitrogen and oxygen atoms in total. The second-order valence-corrected chi connectivity index (χ2v) is 5.81. The number of amides is 2. The number of carbonyl (C=O) groups excluding carboxylic acids is 2. The lowest BCUT2D eigenvalue weighted by Crippen LogP contribution is -2.15. The van der Waals surface area contributed by atoms with Gasteiger partial charge in [-0.2, -0.15) is 0 Å². The van der Waals surface area contributed by atoms with Crippen LogP contribution in [0.5, 0.6) is 11.5 Å². The number of methoxy groups -OCH3 is 1. The van der Waals surface area contributed by atoms with E-state index in [2.05, 4.69) is 10.6 Å². The number of benzene rings is 2. The minimum absolute atomic E-state index is 0.178. The molecule has 1 heterocycles. The van der Waals surface area contributed by atoms with Crippen LogP contribution in [0.4, 0.5) is 11.4 Å². The highest BCUT2D eigenvalue weighted by atomic mass is 16.5. The molecule has 0 radical (unpaired) electrons. The molecular weight excluding hydrogens is 360 g/mol. The maximum atomic E-state index is 12.1. The van der Waals surface area contributed by atoms with Crippen molar-refractivity contribution in [2.24, 2.45) is 0 Å². The van der Waals surface area contributed by atoms with Gasteiger partial charge < -0.3 is 24.5 Å². The van der Waals surface area contributed by atoms with E-state index in [0.717, 1.165) is 0 Å². The van der Waals surface area contributed by atoms with Crippen molar-refractivity contribution in [1.82, 2.24) is 0 Å². The summed E-state index contributed by atoms with van der Waals surface area (Å²) in [7, 11) is 1.57. The first-order valence-electron chi connectivity index (χ1n) is 8.66. The first-order chi connectivity index (χ1) is 13.7. The third kappa shape index (κ3) is 5.14. The van der Waals surface area contributed by atoms with Crippen LogP contribution in [0.25, 0.3) is 0 Å². The molecule has 2 aromatic carbocycles. The summed E-state index contributed by atoms with van der Waals surface area (Å²) in [4.78, 5) is 24.0. The summed E-state index contributed by atoms with van der Waals surface area (Å²) >= 11 is 0. The van der Waals surface area contributed by atoms with E-state index < -0.39 is 0 Å². The Morgan fingerprint density at radius 2 is 1.57 bits per heavy atom. The Morgan fingerprint density at radius 3 is 2.21 bits per heavy atom. The second kappa shape index (κ2) is 9.27. The van der Waals surface area contributed by atoms with Crippen LogP contribution >= 0.6 is 0 Å². The third-order valence-corrected chi connectivity index (χ3v) is 3.83. The van der Waals surface area contributed by atoms with Gasteiger partial charge in [0, 0.05) is 11.4 Å². The van der Waals surface area contributed by atoms with Gasteiger partial charge in [0.25, 0.3) is 5.91 Å². The molecule has 3 rings (SSSR count). The van der Waals surface area contributed by atoms with Gasteiger partial charge in [-0.3, -0.25) is 9.59 Å². The zero-order valence-corrected chi connectivity index (χ0v) is 15.3. The largest absolute Gasteiger partial charge is 0.493 e. The Bertz CT molecular complexity index is 920. The quantitative estimate of drug-likeness (QED) is 0.618. The predicted octanol–water partition coefficient (Wildman–Crippen LogP) is 3.95. The molecule has 1 aromatic heterocycles. The highest BCUT2D eigenvalue weighted by Crippen LogP contribution is 2.25. The number of furan rings is 1. The first-order valence-corrected chi connectivity index (χ1v) is 8.66. The Kier molecular flexibility index (Phi) is 6.30. The van der Waals surface area contributed by atoms with Crippen LogP contribution in [-0.4, -0.2) is 25.5 Å². The Labute approximate surface area is 162 Å². The molecule has 0 atom stereocenters. The molecular formula is C21H20N2O5. The highest BCUT2D eigenvalue weighted by Gasteiger charge is 2.09. The lowest BCUT2D eigenvalue weighted by atomic mass is 10.2. The van der Waals surface area contributed by atoms with Crippen LogP contribution in [-0.2, 0) is 4.79 Å². The van der Waals surface area contributed by atoms with Gasteiger partial charge in [-0.1, -0.05) is 12.1 Å². The number of hydrogen-bond acceptors (Lipinski definition) is 5. The molecule has 7 heteroatoms. The summed E-state index contributed by atoms with van der Waals surface area (Å²) in [6.45, 7) is 0.226. The first kappa shape index (κ1) is 19.0. The number of carbonyl (C=O) groups is 2. The van der Waals surface area contributed by atoms with E-state index in [1.165, 1.54) is 6.26 Å². The molecule has 2 amide bonds. The van der Waals surface area contributed by atoms with E-state index >= 15 is 0 Å². The van der Waals surface area contributed by atoms with Crippen LogP contribution in [0.1, 0.15) is 17.0 Å². The number of nitrogens with one attached hydrogen (secondary N) is 2. The molecule has 0 saturated carbocycles. The second-order valence-electron chi connectivity index (χ2n) is 5.81. The zero-order valence-electron chi connectivity index (χ0n) is 15.3. The molecule has 28 heavy (non-hydrogen) atoms. The number of anilines is 2. The Hall–Kier alpha value is -3.74. The fraction of sp³-hybridized carbons (Fsp3) is 0.143. The average molecular weight is 380 g/mol. The molecule has 144 valence electrons. The number of ether oxygens (including phenoxy) is 2. The molecule has 0 saturated heterocycles. The lowest BCUT2D eigenvalue weighted by Gasteiger charge is -2.10. The SMILES string of the molecule is COc1ccccc1OCCC(=O)Nc1ccc(NC(=O)c2ccco2)cc1. The van der Waals surface area contributed by atoms with Crippen LogP contribution in [0.15, 0.2) is 71.3 Å². The van der Waals surface area contributed by atoms with Crippen molar-refractivity contribution in [3.05, 3.63) is 72.7 Å². The summed E-state index contributed by atoms with van der Waals surface area (Å²) in [6.07, 6.45) is 1.63. The molecule has 3 aromatic rings. The lowest BCUT2D eigenvalue weighted by molar-refractivity contribution is -0.116. The van der Waals surface area contributed by atoms with Crippen molar-refractivity contribution >= 4 is 23.2 Å². The summed E-state index contributed by atoms with van der Waals surface area (Å²) in [5, 5.41) is 5.49. The van der Waals surface area contributed by atoms with Crippen LogP contribution in [0.3, 0.4) is 0 Å². The minimum Gasteiger partial charge on any atom is -0.493 e. The Morgan fingerprint density at radius 1 is 0.893 bits per heavy atom. The van der Waals surface area contributed by atoms with Gasteiger partial charge in [0.2, 0.25) is 5.91 Å². The zero-order chi connectivity index (χ0) is 19.8. The van der Waals surface area contributed by atoms with Crippen molar-refractivity contribution in [3.63, 3.8) is 0 Å². The van der Waals surface area contributed by atoms with E-state index in [4.69, 9.17) is 13.9 Å². The molecule has 0 fully saturated rings. The molecule has 0 aliphatic carbocycles. The third-order valence-electron chi connectivity index (χ3n) is 3.83. The number of rotatable bonds is 8. The van der Waals surface area contributed by atoms with Crippen molar-refractivity contribution in [2.75, 3.05) is 24.4 Å². The van der Waals surface area contributed by atoms with Crippen LogP contribution < -0.4 is 20.1 Å². The van der Waals surface area contributed by atoms with Gasteiger partial charge in [0.1, 0.15) is 0 Å². The summed E-state index contributed by atoms with van der Waals surface area (Å²) in [6, 6.07) is 17.3. The van der Waals surface area contributed by atoms with E-state index in [0.29, 0.717) is 22.9 Å². The average Bonchev–Trinajstić information content (AvgIpc) is 3.25. The topological polar surface area (TPSA) is 89.8 Å². The maximum absolute atomic E-state index is 12.1. The molecule has 0 aliphatic heterocycles. The number of para-hydroxylation sites is 2.